The Morgan fingerprint density at radius 2 is 1.90 bits per heavy atom. The Morgan fingerprint density at radius 1 is 1.21 bits per heavy atom. The summed E-state index contributed by atoms with van der Waals surface area (Å²) < 4.78 is 12.5. The fraction of sp³-hybridized carbons (Fsp3) is 0.625. The van der Waals surface area contributed by atoms with Crippen molar-refractivity contribution in [3.63, 3.8) is 0 Å². The molecule has 5 heteroatoms. The highest BCUT2D eigenvalue weighted by molar-refractivity contribution is 8.03. The third-order valence-electron chi connectivity index (χ3n) is 7.58. The summed E-state index contributed by atoms with van der Waals surface area (Å²) in [6, 6.07) is 7.90. The van der Waals surface area contributed by atoms with Gasteiger partial charge in [0.25, 0.3) is 0 Å². The van der Waals surface area contributed by atoms with E-state index in [1.54, 1.807) is 11.8 Å². The molecule has 1 aromatic carbocycles. The summed E-state index contributed by atoms with van der Waals surface area (Å²) in [5, 5.41) is 0.748. The summed E-state index contributed by atoms with van der Waals surface area (Å²) in [5.41, 5.74) is -0.465. The molecule has 3 atom stereocenters. The van der Waals surface area contributed by atoms with E-state index in [-0.39, 0.29) is 16.7 Å². The van der Waals surface area contributed by atoms with Crippen molar-refractivity contribution in [2.45, 2.75) is 70.0 Å². The number of thioether (sulfide) groups is 1. The Balaban J connectivity index is 1.56. The molecule has 0 N–H and O–H groups in total. The molecule has 4 rings (SSSR count). The maximum absolute atomic E-state index is 13.2. The van der Waals surface area contributed by atoms with Crippen LogP contribution >= 0.6 is 23.4 Å². The van der Waals surface area contributed by atoms with Gasteiger partial charge in [-0.1, -0.05) is 43.3 Å². The fourth-order valence-electron chi connectivity index (χ4n) is 5.92. The van der Waals surface area contributed by atoms with E-state index in [0.29, 0.717) is 25.4 Å². The number of allylic oxidation sites excluding steroid dienone is 2. The lowest BCUT2D eigenvalue weighted by Gasteiger charge is -2.60. The van der Waals surface area contributed by atoms with Crippen molar-refractivity contribution < 1.29 is 14.3 Å². The first-order valence-corrected chi connectivity index (χ1v) is 11.9. The van der Waals surface area contributed by atoms with E-state index in [2.05, 4.69) is 26.8 Å². The highest BCUT2D eigenvalue weighted by Crippen LogP contribution is 2.63. The first-order valence-electron chi connectivity index (χ1n) is 10.7. The second-order valence-electron chi connectivity index (χ2n) is 9.23. The fourth-order valence-corrected chi connectivity index (χ4v) is 6.86. The summed E-state index contributed by atoms with van der Waals surface area (Å²) in [5.74, 6) is 0.192. The van der Waals surface area contributed by atoms with Gasteiger partial charge in [-0.05, 0) is 67.7 Å². The van der Waals surface area contributed by atoms with Crippen molar-refractivity contribution in [2.75, 3.05) is 13.2 Å². The van der Waals surface area contributed by atoms with Crippen LogP contribution in [0.25, 0.3) is 0 Å². The summed E-state index contributed by atoms with van der Waals surface area (Å²) in [6.45, 7) is 7.96. The van der Waals surface area contributed by atoms with Crippen LogP contribution in [-0.2, 0) is 14.3 Å². The van der Waals surface area contributed by atoms with Gasteiger partial charge in [-0.25, -0.2) is 0 Å². The molecular weight excluding hydrogens is 404 g/mol. The number of halogens is 1. The minimum Gasteiger partial charge on any atom is -0.347 e. The van der Waals surface area contributed by atoms with E-state index in [0.717, 1.165) is 42.0 Å². The number of benzene rings is 1. The van der Waals surface area contributed by atoms with Crippen LogP contribution in [0, 0.1) is 16.7 Å². The van der Waals surface area contributed by atoms with Gasteiger partial charge in [0.05, 0.1) is 13.2 Å². The number of ether oxygens (including phenoxy) is 2. The van der Waals surface area contributed by atoms with Crippen LogP contribution in [0.4, 0.5) is 0 Å². The number of hydrogen-bond acceptors (Lipinski definition) is 4. The number of Topliss-reactive ketones (excluding diaryl/α,β-unsaturated/α-hetero) is 1. The Bertz CT molecular complexity index is 799. The van der Waals surface area contributed by atoms with Gasteiger partial charge < -0.3 is 9.47 Å². The molecule has 0 radical (unpaired) electrons. The first kappa shape index (κ1) is 21.4. The molecule has 1 saturated heterocycles. The maximum Gasteiger partial charge on any atom is 0.174 e. The number of rotatable bonds is 4. The molecule has 29 heavy (non-hydrogen) atoms. The zero-order valence-corrected chi connectivity index (χ0v) is 19.2. The van der Waals surface area contributed by atoms with Crippen molar-refractivity contribution in [3.8, 4) is 0 Å². The van der Waals surface area contributed by atoms with Crippen molar-refractivity contribution in [3.05, 3.63) is 40.3 Å². The molecule has 0 bridgehead atoms. The lowest BCUT2D eigenvalue weighted by molar-refractivity contribution is -0.286. The zero-order valence-electron chi connectivity index (χ0n) is 17.6. The number of hydrogen-bond donors (Lipinski definition) is 0. The number of carbonyl (C=O) groups is 1. The third kappa shape index (κ3) is 3.71. The molecule has 158 valence electrons. The molecule has 3 fully saturated rings. The van der Waals surface area contributed by atoms with Gasteiger partial charge in [0, 0.05) is 33.6 Å². The molecule has 3 nitrogen and oxygen atoms in total. The van der Waals surface area contributed by atoms with Crippen molar-refractivity contribution >= 4 is 29.1 Å². The summed E-state index contributed by atoms with van der Waals surface area (Å²) in [7, 11) is 0. The van der Waals surface area contributed by atoms with E-state index in [1.807, 2.05) is 24.3 Å². The van der Waals surface area contributed by atoms with Crippen molar-refractivity contribution in [1.82, 2.24) is 0 Å². The molecule has 1 aliphatic heterocycles. The van der Waals surface area contributed by atoms with E-state index in [4.69, 9.17) is 21.1 Å². The Kier molecular flexibility index (Phi) is 5.93. The summed E-state index contributed by atoms with van der Waals surface area (Å²) in [6.07, 6.45) is 7.60. The molecule has 1 heterocycles. The van der Waals surface area contributed by atoms with Crippen LogP contribution in [0.2, 0.25) is 5.02 Å². The van der Waals surface area contributed by atoms with Gasteiger partial charge in [-0.3, -0.25) is 4.79 Å². The van der Waals surface area contributed by atoms with Gasteiger partial charge >= 0.3 is 0 Å². The van der Waals surface area contributed by atoms with E-state index >= 15 is 0 Å². The largest absolute Gasteiger partial charge is 0.347 e. The van der Waals surface area contributed by atoms with Crippen LogP contribution in [0.5, 0.6) is 0 Å². The average Bonchev–Trinajstić information content (AvgIpc) is 3.18. The molecule has 2 saturated carbocycles. The number of carbonyl (C=O) groups excluding carboxylic acids is 1. The van der Waals surface area contributed by atoms with Crippen LogP contribution in [0.15, 0.2) is 40.1 Å². The van der Waals surface area contributed by atoms with Crippen LogP contribution in [0.3, 0.4) is 0 Å². The Morgan fingerprint density at radius 3 is 2.59 bits per heavy atom. The molecule has 0 amide bonds. The predicted octanol–water partition coefficient (Wildman–Crippen LogP) is 6.64. The van der Waals surface area contributed by atoms with Crippen molar-refractivity contribution in [2.24, 2.45) is 16.7 Å². The summed E-state index contributed by atoms with van der Waals surface area (Å²) >= 11 is 7.72. The second-order valence-corrected chi connectivity index (χ2v) is 11.0. The summed E-state index contributed by atoms with van der Waals surface area (Å²) in [4.78, 5) is 15.6. The SMILES string of the molecule is CC(=CCC1(C)C(=O)CCC2(C)C1CCCC21OCCO1)Sc1ccc(Cl)cc1. The standard InChI is InChI=1S/C24H31ClO3S/c1-17(29-19-8-6-18(25)7-9-19)10-13-22(2)20-5-4-12-24(27-15-16-28-24)23(20,3)14-11-21(22)26/h6-10,20H,4-5,11-16H2,1-3H3. The highest BCUT2D eigenvalue weighted by atomic mass is 35.5. The Labute approximate surface area is 183 Å². The first-order chi connectivity index (χ1) is 13.8. The van der Waals surface area contributed by atoms with Gasteiger partial charge in [0.2, 0.25) is 0 Å². The molecule has 1 aromatic rings. The molecular formula is C24H31ClO3S. The number of fused-ring (bicyclic) bond motifs is 2. The van der Waals surface area contributed by atoms with Gasteiger partial charge in [-0.2, -0.15) is 0 Å². The monoisotopic (exact) mass is 434 g/mol. The molecule has 1 spiro atoms. The number of ketones is 1. The van der Waals surface area contributed by atoms with Crippen LogP contribution in [0.1, 0.15) is 59.3 Å². The van der Waals surface area contributed by atoms with Gasteiger partial charge in [-0.15, -0.1) is 0 Å². The van der Waals surface area contributed by atoms with E-state index in [9.17, 15) is 4.79 Å². The maximum atomic E-state index is 13.2. The topological polar surface area (TPSA) is 35.5 Å². The minimum absolute atomic E-state index is 0.102. The molecule has 2 aliphatic carbocycles. The molecule has 3 unspecified atom stereocenters. The Hall–Kier alpha value is -0.810. The normalized spacial score (nSPS) is 34.4. The third-order valence-corrected chi connectivity index (χ3v) is 8.82. The smallest absolute Gasteiger partial charge is 0.174 e. The van der Waals surface area contributed by atoms with Gasteiger partial charge in [0.15, 0.2) is 5.79 Å². The lowest BCUT2D eigenvalue weighted by Crippen LogP contribution is -2.62. The predicted molar refractivity (Wildman–Crippen MR) is 118 cm³/mol. The lowest BCUT2D eigenvalue weighted by atomic mass is 9.48. The van der Waals surface area contributed by atoms with E-state index < -0.39 is 5.79 Å². The molecule has 3 aliphatic rings. The molecule has 0 aromatic heterocycles. The quantitative estimate of drug-likeness (QED) is 0.497. The zero-order chi connectivity index (χ0) is 20.7. The average molecular weight is 435 g/mol. The second kappa shape index (κ2) is 8.03. The minimum atomic E-state index is -0.491. The van der Waals surface area contributed by atoms with Crippen molar-refractivity contribution in [1.29, 1.82) is 0 Å². The van der Waals surface area contributed by atoms with Crippen LogP contribution in [-0.4, -0.2) is 24.8 Å². The van der Waals surface area contributed by atoms with Gasteiger partial charge in [0.1, 0.15) is 5.78 Å². The van der Waals surface area contributed by atoms with Crippen LogP contribution < -0.4 is 0 Å². The van der Waals surface area contributed by atoms with E-state index in [1.165, 1.54) is 4.91 Å². The highest BCUT2D eigenvalue weighted by Gasteiger charge is 2.65.